The Balaban J connectivity index is 2.45. The zero-order valence-corrected chi connectivity index (χ0v) is 15.8. The second kappa shape index (κ2) is 9.86. The average Bonchev–Trinajstić information content (AvgIpc) is 3.10. The van der Waals surface area contributed by atoms with Crippen molar-refractivity contribution in [1.29, 1.82) is 0 Å². The van der Waals surface area contributed by atoms with Crippen molar-refractivity contribution in [3.05, 3.63) is 51.7 Å². The van der Waals surface area contributed by atoms with Gasteiger partial charge >= 0.3 is 0 Å². The van der Waals surface area contributed by atoms with Gasteiger partial charge < -0.3 is 24.6 Å². The number of benzene rings is 1. The van der Waals surface area contributed by atoms with E-state index in [1.807, 2.05) is 19.1 Å². The SMILES string of the molecule is C/C=C/C1=CN(C(=O)c2cc(OC)c(OCCCO)cc2[N+](=O)[O-])[C@H](CO)C1. The summed E-state index contributed by atoms with van der Waals surface area (Å²) >= 11 is 0. The number of ether oxygens (including phenoxy) is 2. The fourth-order valence-corrected chi connectivity index (χ4v) is 2.94. The lowest BCUT2D eigenvalue weighted by Gasteiger charge is -2.22. The number of aliphatic hydroxyl groups excluding tert-OH is 2. The van der Waals surface area contributed by atoms with E-state index < -0.39 is 22.6 Å². The van der Waals surface area contributed by atoms with E-state index in [1.165, 1.54) is 18.1 Å². The van der Waals surface area contributed by atoms with Crippen LogP contribution in [0, 0.1) is 10.1 Å². The number of hydrogen-bond acceptors (Lipinski definition) is 7. The number of methoxy groups -OCH3 is 1. The molecular formula is C19H24N2O7. The third kappa shape index (κ3) is 4.68. The number of aliphatic hydroxyl groups is 2. The van der Waals surface area contributed by atoms with Crippen LogP contribution in [-0.2, 0) is 0 Å². The van der Waals surface area contributed by atoms with Crippen LogP contribution in [0.3, 0.4) is 0 Å². The second-order valence-electron chi connectivity index (χ2n) is 6.16. The number of allylic oxidation sites excluding steroid dienone is 2. The van der Waals surface area contributed by atoms with Gasteiger partial charge in [0, 0.05) is 25.3 Å². The number of rotatable bonds is 9. The molecule has 1 aromatic rings. The van der Waals surface area contributed by atoms with Crippen LogP contribution >= 0.6 is 0 Å². The number of carbonyl (C=O) groups excluding carboxylic acids is 1. The Hall–Kier alpha value is -2.91. The van der Waals surface area contributed by atoms with Gasteiger partial charge in [-0.15, -0.1) is 0 Å². The molecule has 0 saturated carbocycles. The Labute approximate surface area is 162 Å². The predicted octanol–water partition coefficient (Wildman–Crippen LogP) is 2.03. The maximum Gasteiger partial charge on any atom is 0.286 e. The standard InChI is InChI=1S/C19H24N2O7/c1-3-5-13-8-14(12-23)20(11-13)19(24)15-9-17(27-2)18(28-7-4-6-22)10-16(15)21(25)26/h3,5,9-11,14,22-23H,4,6-8,12H2,1-2H3/b5-3+/t14-/m0/s1. The van der Waals surface area contributed by atoms with Crippen LogP contribution in [0.2, 0.25) is 0 Å². The molecule has 0 spiro atoms. The van der Waals surface area contributed by atoms with Crippen LogP contribution in [0.4, 0.5) is 5.69 Å². The molecule has 1 amide bonds. The third-order valence-corrected chi connectivity index (χ3v) is 4.26. The van der Waals surface area contributed by atoms with Crippen molar-refractivity contribution in [3.63, 3.8) is 0 Å². The van der Waals surface area contributed by atoms with Crippen LogP contribution in [0.15, 0.2) is 36.1 Å². The zero-order chi connectivity index (χ0) is 20.7. The Bertz CT molecular complexity index is 789. The number of nitrogens with zero attached hydrogens (tertiary/aromatic N) is 2. The van der Waals surface area contributed by atoms with Gasteiger partial charge in [0.15, 0.2) is 11.5 Å². The van der Waals surface area contributed by atoms with Crippen LogP contribution in [0.5, 0.6) is 11.5 Å². The average molecular weight is 392 g/mol. The number of hydrogen-bond donors (Lipinski definition) is 2. The molecule has 9 nitrogen and oxygen atoms in total. The Kier molecular flexibility index (Phi) is 7.53. The van der Waals surface area contributed by atoms with Crippen molar-refractivity contribution < 1.29 is 29.4 Å². The highest BCUT2D eigenvalue weighted by atomic mass is 16.6. The van der Waals surface area contributed by atoms with Gasteiger partial charge in [0.25, 0.3) is 11.6 Å². The maximum atomic E-state index is 13.0. The smallest absolute Gasteiger partial charge is 0.286 e. The molecule has 2 rings (SSSR count). The van der Waals surface area contributed by atoms with Crippen LogP contribution < -0.4 is 9.47 Å². The van der Waals surface area contributed by atoms with E-state index in [0.29, 0.717) is 12.8 Å². The first-order chi connectivity index (χ1) is 13.5. The minimum atomic E-state index is -0.661. The van der Waals surface area contributed by atoms with Crippen molar-refractivity contribution in [3.8, 4) is 11.5 Å². The van der Waals surface area contributed by atoms with Crippen molar-refractivity contribution in [1.82, 2.24) is 4.90 Å². The molecule has 0 bridgehead atoms. The third-order valence-electron chi connectivity index (χ3n) is 4.26. The molecule has 0 saturated heterocycles. The van der Waals surface area contributed by atoms with Gasteiger partial charge in [-0.05, 0) is 18.9 Å². The predicted molar refractivity (Wildman–Crippen MR) is 101 cm³/mol. The van der Waals surface area contributed by atoms with Gasteiger partial charge in [-0.25, -0.2) is 0 Å². The van der Waals surface area contributed by atoms with E-state index in [9.17, 15) is 20.0 Å². The molecule has 1 heterocycles. The fourth-order valence-electron chi connectivity index (χ4n) is 2.94. The number of amides is 1. The lowest BCUT2D eigenvalue weighted by molar-refractivity contribution is -0.385. The summed E-state index contributed by atoms with van der Waals surface area (Å²) in [7, 11) is 1.37. The van der Waals surface area contributed by atoms with E-state index in [-0.39, 0.29) is 36.9 Å². The molecule has 0 radical (unpaired) electrons. The molecule has 152 valence electrons. The van der Waals surface area contributed by atoms with Crippen molar-refractivity contribution in [2.75, 3.05) is 26.9 Å². The second-order valence-corrected chi connectivity index (χ2v) is 6.16. The Morgan fingerprint density at radius 1 is 1.39 bits per heavy atom. The normalized spacial score (nSPS) is 16.4. The highest BCUT2D eigenvalue weighted by molar-refractivity contribution is 6.00. The van der Waals surface area contributed by atoms with E-state index in [2.05, 4.69) is 0 Å². The quantitative estimate of drug-likeness (QED) is 0.374. The molecule has 0 aromatic heterocycles. The van der Waals surface area contributed by atoms with Crippen molar-refractivity contribution in [2.24, 2.45) is 0 Å². The summed E-state index contributed by atoms with van der Waals surface area (Å²) in [5, 5.41) is 30.0. The topological polar surface area (TPSA) is 122 Å². The monoisotopic (exact) mass is 392 g/mol. The van der Waals surface area contributed by atoms with Crippen molar-refractivity contribution >= 4 is 11.6 Å². The highest BCUT2D eigenvalue weighted by Gasteiger charge is 2.33. The lowest BCUT2D eigenvalue weighted by Crippen LogP contribution is -2.35. The summed E-state index contributed by atoms with van der Waals surface area (Å²) < 4.78 is 10.7. The number of nitro groups is 1. The van der Waals surface area contributed by atoms with Crippen LogP contribution in [-0.4, -0.2) is 58.9 Å². The van der Waals surface area contributed by atoms with E-state index in [4.69, 9.17) is 14.6 Å². The largest absolute Gasteiger partial charge is 0.493 e. The Morgan fingerprint density at radius 3 is 2.71 bits per heavy atom. The van der Waals surface area contributed by atoms with Gasteiger partial charge in [-0.3, -0.25) is 14.9 Å². The van der Waals surface area contributed by atoms with Crippen LogP contribution in [0.25, 0.3) is 0 Å². The Morgan fingerprint density at radius 2 is 2.14 bits per heavy atom. The van der Waals surface area contributed by atoms with E-state index in [0.717, 1.165) is 11.6 Å². The lowest BCUT2D eigenvalue weighted by atomic mass is 10.1. The first-order valence-electron chi connectivity index (χ1n) is 8.83. The molecular weight excluding hydrogens is 368 g/mol. The molecule has 1 aliphatic rings. The van der Waals surface area contributed by atoms with Crippen LogP contribution in [0.1, 0.15) is 30.1 Å². The van der Waals surface area contributed by atoms with Gasteiger partial charge in [-0.2, -0.15) is 0 Å². The van der Waals surface area contributed by atoms with Gasteiger partial charge in [0.2, 0.25) is 0 Å². The molecule has 0 aliphatic carbocycles. The van der Waals surface area contributed by atoms with Gasteiger partial charge in [0.1, 0.15) is 5.56 Å². The van der Waals surface area contributed by atoms with Gasteiger partial charge in [0.05, 0.1) is 37.4 Å². The van der Waals surface area contributed by atoms with E-state index in [1.54, 1.807) is 6.20 Å². The maximum absolute atomic E-state index is 13.0. The number of carbonyl (C=O) groups is 1. The molecule has 2 N–H and O–H groups in total. The summed E-state index contributed by atoms with van der Waals surface area (Å²) in [5.74, 6) is -0.320. The first-order valence-corrected chi connectivity index (χ1v) is 8.83. The minimum Gasteiger partial charge on any atom is -0.493 e. The number of nitro benzene ring substituents is 1. The molecule has 1 aromatic carbocycles. The summed E-state index contributed by atoms with van der Waals surface area (Å²) in [6.45, 7) is 1.63. The molecule has 1 aliphatic heterocycles. The van der Waals surface area contributed by atoms with Crippen molar-refractivity contribution in [2.45, 2.75) is 25.8 Å². The molecule has 0 fully saturated rings. The molecule has 9 heteroatoms. The molecule has 0 unspecified atom stereocenters. The molecule has 28 heavy (non-hydrogen) atoms. The summed E-state index contributed by atoms with van der Waals surface area (Å²) in [6.07, 6.45) is 6.04. The van der Waals surface area contributed by atoms with Gasteiger partial charge in [-0.1, -0.05) is 12.2 Å². The zero-order valence-electron chi connectivity index (χ0n) is 15.8. The summed E-state index contributed by atoms with van der Waals surface area (Å²) in [4.78, 5) is 25.3. The summed E-state index contributed by atoms with van der Waals surface area (Å²) in [6, 6.07) is 1.92. The summed E-state index contributed by atoms with van der Waals surface area (Å²) in [5.41, 5.74) is 0.260. The van der Waals surface area contributed by atoms with E-state index >= 15 is 0 Å². The first kappa shape index (κ1) is 21.4. The minimum absolute atomic E-state index is 0.0840. The highest BCUT2D eigenvalue weighted by Crippen LogP contribution is 2.36. The fraction of sp³-hybridized carbons (Fsp3) is 0.421. The molecule has 1 atom stereocenters.